The maximum atomic E-state index is 11.5. The quantitative estimate of drug-likeness (QED) is 0.689. The molecule has 1 aromatic carbocycles. The van der Waals surface area contributed by atoms with E-state index in [-0.39, 0.29) is 18.3 Å². The molecule has 3 N–H and O–H groups in total. The molecule has 1 aromatic rings. The summed E-state index contributed by atoms with van der Waals surface area (Å²) < 4.78 is 5.56. The van der Waals surface area contributed by atoms with Gasteiger partial charge in [-0.3, -0.25) is 4.79 Å². The minimum Gasteiger partial charge on any atom is -0.493 e. The highest BCUT2D eigenvalue weighted by atomic mass is 35.5. The van der Waals surface area contributed by atoms with Crippen LogP contribution in [0.1, 0.15) is 44.6 Å². The van der Waals surface area contributed by atoms with E-state index in [4.69, 9.17) is 10.5 Å². The molecule has 0 fully saturated rings. The summed E-state index contributed by atoms with van der Waals surface area (Å²) in [6.45, 7) is 6.09. The fraction of sp³-hybridized carbons (Fsp3) is 0.562. The fourth-order valence-electron chi connectivity index (χ4n) is 1.80. The van der Waals surface area contributed by atoms with Gasteiger partial charge in [0.15, 0.2) is 0 Å². The Labute approximate surface area is 133 Å². The first-order valence-corrected chi connectivity index (χ1v) is 7.33. The van der Waals surface area contributed by atoms with Gasteiger partial charge in [-0.1, -0.05) is 26.0 Å². The van der Waals surface area contributed by atoms with Crippen LogP contribution in [0.5, 0.6) is 5.75 Å². The molecule has 0 spiro atoms. The lowest BCUT2D eigenvalue weighted by molar-refractivity contribution is -0.121. The summed E-state index contributed by atoms with van der Waals surface area (Å²) in [6.07, 6.45) is 2.26. The Morgan fingerprint density at radius 3 is 2.48 bits per heavy atom. The van der Waals surface area contributed by atoms with E-state index < -0.39 is 0 Å². The number of nitrogens with two attached hydrogens (primary N) is 1. The minimum absolute atomic E-state index is 0. The Bertz CT molecular complexity index is 394. The molecule has 0 aromatic heterocycles. The van der Waals surface area contributed by atoms with Crippen LogP contribution < -0.4 is 15.8 Å². The van der Waals surface area contributed by atoms with Crippen molar-refractivity contribution in [1.82, 2.24) is 5.32 Å². The highest BCUT2D eigenvalue weighted by Gasteiger charge is 2.02. The van der Waals surface area contributed by atoms with Crippen molar-refractivity contribution < 1.29 is 9.53 Å². The van der Waals surface area contributed by atoms with Gasteiger partial charge in [-0.05, 0) is 43.0 Å². The summed E-state index contributed by atoms with van der Waals surface area (Å²) in [6, 6.07) is 8.03. The third-order valence-corrected chi connectivity index (χ3v) is 3.10. The van der Waals surface area contributed by atoms with E-state index in [0.29, 0.717) is 32.0 Å². The number of benzene rings is 1. The second-order valence-corrected chi connectivity index (χ2v) is 5.17. The summed E-state index contributed by atoms with van der Waals surface area (Å²) in [4.78, 5) is 11.5. The third-order valence-electron chi connectivity index (χ3n) is 3.10. The molecule has 1 amide bonds. The maximum Gasteiger partial charge on any atom is 0.223 e. The first-order chi connectivity index (χ1) is 9.63. The molecule has 0 aliphatic heterocycles. The zero-order valence-corrected chi connectivity index (χ0v) is 13.7. The highest BCUT2D eigenvalue weighted by Crippen LogP contribution is 2.18. The fourth-order valence-corrected chi connectivity index (χ4v) is 1.80. The van der Waals surface area contributed by atoms with E-state index in [1.807, 2.05) is 12.1 Å². The molecule has 0 atom stereocenters. The van der Waals surface area contributed by atoms with Crippen LogP contribution in [0.3, 0.4) is 0 Å². The van der Waals surface area contributed by atoms with E-state index in [0.717, 1.165) is 18.6 Å². The van der Waals surface area contributed by atoms with Gasteiger partial charge in [0, 0.05) is 6.54 Å². The van der Waals surface area contributed by atoms with Crippen LogP contribution in [0, 0.1) is 0 Å². The smallest absolute Gasteiger partial charge is 0.223 e. The van der Waals surface area contributed by atoms with Gasteiger partial charge in [-0.25, -0.2) is 0 Å². The predicted molar refractivity (Wildman–Crippen MR) is 89.2 cm³/mol. The van der Waals surface area contributed by atoms with E-state index in [9.17, 15) is 4.79 Å². The zero-order chi connectivity index (χ0) is 14.8. The molecule has 0 heterocycles. The largest absolute Gasteiger partial charge is 0.493 e. The van der Waals surface area contributed by atoms with E-state index in [1.54, 1.807) is 0 Å². The van der Waals surface area contributed by atoms with Gasteiger partial charge in [0.05, 0.1) is 13.0 Å². The molecule has 0 aliphatic rings. The van der Waals surface area contributed by atoms with Gasteiger partial charge in [0.25, 0.3) is 0 Å². The molecule has 0 aliphatic carbocycles. The summed E-state index contributed by atoms with van der Waals surface area (Å²) in [5.74, 6) is 1.36. The molecule has 120 valence electrons. The number of hydrogen-bond donors (Lipinski definition) is 2. The molecular formula is C16H27ClN2O2. The number of unbranched alkanes of at least 4 members (excludes halogenated alkanes) is 1. The number of nitrogens with one attached hydrogen (secondary N) is 1. The standard InChI is InChI=1S/C16H26N2O2.ClH/c1-13(2)14-5-7-15(8-6-14)20-12-9-16(19)18-11-4-3-10-17;/h5-8,13H,3-4,9-12,17H2,1-2H3,(H,18,19);1H. The van der Waals surface area contributed by atoms with Crippen molar-refractivity contribution in [3.63, 3.8) is 0 Å². The van der Waals surface area contributed by atoms with Crippen LogP contribution in [0.4, 0.5) is 0 Å². The van der Waals surface area contributed by atoms with Gasteiger partial charge in [-0.15, -0.1) is 12.4 Å². The lowest BCUT2D eigenvalue weighted by atomic mass is 10.0. The summed E-state index contributed by atoms with van der Waals surface area (Å²) in [7, 11) is 0. The average molecular weight is 315 g/mol. The minimum atomic E-state index is 0. The van der Waals surface area contributed by atoms with Crippen molar-refractivity contribution in [3.8, 4) is 5.75 Å². The average Bonchev–Trinajstić information content (AvgIpc) is 2.44. The Morgan fingerprint density at radius 2 is 1.90 bits per heavy atom. The van der Waals surface area contributed by atoms with Crippen molar-refractivity contribution in [2.45, 2.75) is 39.0 Å². The zero-order valence-electron chi connectivity index (χ0n) is 12.9. The van der Waals surface area contributed by atoms with Crippen LogP contribution in [-0.4, -0.2) is 25.6 Å². The first-order valence-electron chi connectivity index (χ1n) is 7.33. The van der Waals surface area contributed by atoms with Crippen LogP contribution in [0.25, 0.3) is 0 Å². The molecule has 1 rings (SSSR count). The predicted octanol–water partition coefficient (Wildman–Crippen LogP) is 2.86. The molecule has 0 radical (unpaired) electrons. The lowest BCUT2D eigenvalue weighted by Crippen LogP contribution is -2.26. The number of ether oxygens (including phenoxy) is 1. The van der Waals surface area contributed by atoms with Crippen molar-refractivity contribution >= 4 is 18.3 Å². The maximum absolute atomic E-state index is 11.5. The Hall–Kier alpha value is -1.26. The number of carbonyl (C=O) groups excluding carboxylic acids is 1. The molecule has 0 saturated carbocycles. The van der Waals surface area contributed by atoms with Crippen LogP contribution in [-0.2, 0) is 4.79 Å². The normalized spacial score (nSPS) is 10.1. The van der Waals surface area contributed by atoms with Crippen LogP contribution in [0.2, 0.25) is 0 Å². The topological polar surface area (TPSA) is 64.3 Å². The van der Waals surface area contributed by atoms with Gasteiger partial charge in [-0.2, -0.15) is 0 Å². The lowest BCUT2D eigenvalue weighted by Gasteiger charge is -2.09. The van der Waals surface area contributed by atoms with Gasteiger partial charge in [0.2, 0.25) is 5.91 Å². The number of hydrogen-bond acceptors (Lipinski definition) is 3. The second kappa shape index (κ2) is 11.4. The van der Waals surface area contributed by atoms with Crippen molar-refractivity contribution in [2.24, 2.45) is 5.73 Å². The van der Waals surface area contributed by atoms with Crippen LogP contribution in [0.15, 0.2) is 24.3 Å². The van der Waals surface area contributed by atoms with Crippen molar-refractivity contribution in [3.05, 3.63) is 29.8 Å². The number of halogens is 1. The number of amides is 1. The second-order valence-electron chi connectivity index (χ2n) is 5.17. The number of carbonyl (C=O) groups is 1. The summed E-state index contributed by atoms with van der Waals surface area (Å²) in [5.41, 5.74) is 6.67. The van der Waals surface area contributed by atoms with Gasteiger partial charge >= 0.3 is 0 Å². The van der Waals surface area contributed by atoms with Gasteiger partial charge < -0.3 is 15.8 Å². The van der Waals surface area contributed by atoms with Crippen molar-refractivity contribution in [1.29, 1.82) is 0 Å². The monoisotopic (exact) mass is 314 g/mol. The molecular weight excluding hydrogens is 288 g/mol. The van der Waals surface area contributed by atoms with Crippen LogP contribution >= 0.6 is 12.4 Å². The molecule has 21 heavy (non-hydrogen) atoms. The SMILES string of the molecule is CC(C)c1ccc(OCCC(=O)NCCCCN)cc1.Cl. The Balaban J connectivity index is 0.00000400. The van der Waals surface area contributed by atoms with Crippen molar-refractivity contribution in [2.75, 3.05) is 19.7 Å². The highest BCUT2D eigenvalue weighted by molar-refractivity contribution is 5.85. The summed E-state index contributed by atoms with van der Waals surface area (Å²) in [5, 5.41) is 2.85. The van der Waals surface area contributed by atoms with E-state index in [2.05, 4.69) is 31.3 Å². The molecule has 0 unspecified atom stereocenters. The molecule has 5 heteroatoms. The van der Waals surface area contributed by atoms with Gasteiger partial charge in [0.1, 0.15) is 5.75 Å². The van der Waals surface area contributed by atoms with E-state index in [1.165, 1.54) is 5.56 Å². The number of rotatable bonds is 9. The summed E-state index contributed by atoms with van der Waals surface area (Å²) >= 11 is 0. The first kappa shape index (κ1) is 19.7. The molecule has 0 saturated heterocycles. The molecule has 0 bridgehead atoms. The van der Waals surface area contributed by atoms with E-state index >= 15 is 0 Å². The Kier molecular flexibility index (Phi) is 10.7. The Morgan fingerprint density at radius 1 is 1.24 bits per heavy atom. The third kappa shape index (κ3) is 8.58. The molecule has 4 nitrogen and oxygen atoms in total.